The van der Waals surface area contributed by atoms with Gasteiger partial charge in [-0.3, -0.25) is 4.79 Å². The van der Waals surface area contributed by atoms with Crippen LogP contribution in [0.3, 0.4) is 0 Å². The highest BCUT2D eigenvalue weighted by Gasteiger charge is 2.11. The van der Waals surface area contributed by atoms with Crippen LogP contribution in [-0.4, -0.2) is 22.2 Å². The van der Waals surface area contributed by atoms with E-state index >= 15 is 0 Å². The van der Waals surface area contributed by atoms with Gasteiger partial charge in [-0.15, -0.1) is 0 Å². The van der Waals surface area contributed by atoms with Crippen LogP contribution in [0, 0.1) is 0 Å². The highest BCUT2D eigenvalue weighted by Crippen LogP contribution is 2.17. The third-order valence-electron chi connectivity index (χ3n) is 2.03. The lowest BCUT2D eigenvalue weighted by atomic mass is 10.1. The third-order valence-corrected chi connectivity index (χ3v) is 2.03. The zero-order valence-electron chi connectivity index (χ0n) is 7.68. The van der Waals surface area contributed by atoms with Gasteiger partial charge in [0.05, 0.1) is 0 Å². The SMILES string of the molecule is N[C@H](CCc1ccccc1O)C(=O)O. The van der Waals surface area contributed by atoms with Crippen LogP contribution >= 0.6 is 0 Å². The molecule has 0 saturated heterocycles. The Morgan fingerprint density at radius 3 is 2.64 bits per heavy atom. The van der Waals surface area contributed by atoms with Gasteiger partial charge in [0.2, 0.25) is 0 Å². The summed E-state index contributed by atoms with van der Waals surface area (Å²) >= 11 is 0. The van der Waals surface area contributed by atoms with Gasteiger partial charge in [-0.1, -0.05) is 18.2 Å². The number of hydrogen-bond acceptors (Lipinski definition) is 3. The summed E-state index contributed by atoms with van der Waals surface area (Å²) in [7, 11) is 0. The van der Waals surface area contributed by atoms with E-state index < -0.39 is 12.0 Å². The summed E-state index contributed by atoms with van der Waals surface area (Å²) in [5.41, 5.74) is 6.06. The van der Waals surface area contributed by atoms with Crippen LogP contribution in [0.5, 0.6) is 5.75 Å². The van der Waals surface area contributed by atoms with Gasteiger partial charge in [0.1, 0.15) is 11.8 Å². The van der Waals surface area contributed by atoms with Crippen molar-refractivity contribution in [3.8, 4) is 5.75 Å². The van der Waals surface area contributed by atoms with Gasteiger partial charge in [0.15, 0.2) is 0 Å². The van der Waals surface area contributed by atoms with Gasteiger partial charge in [-0.2, -0.15) is 0 Å². The number of aryl methyl sites for hydroxylation is 1. The van der Waals surface area contributed by atoms with Crippen molar-refractivity contribution in [2.75, 3.05) is 0 Å². The number of aliphatic carboxylic acids is 1. The van der Waals surface area contributed by atoms with Crippen LogP contribution in [0.25, 0.3) is 0 Å². The summed E-state index contributed by atoms with van der Waals surface area (Å²) in [5, 5.41) is 17.9. The number of carboxylic acids is 1. The predicted molar refractivity (Wildman–Crippen MR) is 52.0 cm³/mol. The monoisotopic (exact) mass is 195 g/mol. The topological polar surface area (TPSA) is 83.5 Å². The number of phenolic OH excluding ortho intramolecular Hbond substituents is 1. The predicted octanol–water partition coefficient (Wildman–Crippen LogP) is 0.737. The minimum absolute atomic E-state index is 0.185. The van der Waals surface area contributed by atoms with Crippen LogP contribution in [-0.2, 0) is 11.2 Å². The van der Waals surface area contributed by atoms with Gasteiger partial charge in [0.25, 0.3) is 0 Å². The number of para-hydroxylation sites is 1. The molecule has 4 nitrogen and oxygen atoms in total. The van der Waals surface area contributed by atoms with E-state index in [0.29, 0.717) is 12.8 Å². The molecule has 0 heterocycles. The number of nitrogens with two attached hydrogens (primary N) is 1. The number of carbonyl (C=O) groups is 1. The molecule has 0 aliphatic heterocycles. The first-order valence-corrected chi connectivity index (χ1v) is 4.36. The van der Waals surface area contributed by atoms with Gasteiger partial charge in [-0.25, -0.2) is 0 Å². The van der Waals surface area contributed by atoms with E-state index in [1.165, 1.54) is 0 Å². The molecule has 0 amide bonds. The van der Waals surface area contributed by atoms with Crippen molar-refractivity contribution < 1.29 is 15.0 Å². The number of hydrogen-bond donors (Lipinski definition) is 3. The molecule has 4 heteroatoms. The Labute approximate surface area is 82.0 Å². The highest BCUT2D eigenvalue weighted by atomic mass is 16.4. The Balaban J connectivity index is 2.54. The van der Waals surface area contributed by atoms with E-state index in [-0.39, 0.29) is 5.75 Å². The normalized spacial score (nSPS) is 12.4. The lowest BCUT2D eigenvalue weighted by Gasteiger charge is -2.07. The summed E-state index contributed by atoms with van der Waals surface area (Å²) in [6.07, 6.45) is 0.799. The molecule has 0 radical (unpaired) electrons. The van der Waals surface area contributed by atoms with Gasteiger partial charge < -0.3 is 15.9 Å². The molecule has 1 atom stereocenters. The second kappa shape index (κ2) is 4.62. The fraction of sp³-hybridized carbons (Fsp3) is 0.300. The maximum Gasteiger partial charge on any atom is 0.320 e. The van der Waals surface area contributed by atoms with E-state index in [4.69, 9.17) is 10.8 Å². The van der Waals surface area contributed by atoms with Crippen molar-refractivity contribution >= 4 is 5.97 Å². The van der Waals surface area contributed by atoms with Crippen LogP contribution in [0.15, 0.2) is 24.3 Å². The van der Waals surface area contributed by atoms with E-state index in [1.807, 2.05) is 0 Å². The molecule has 0 bridgehead atoms. The first-order chi connectivity index (χ1) is 6.61. The Kier molecular flexibility index (Phi) is 3.48. The average Bonchev–Trinajstić information content (AvgIpc) is 2.16. The van der Waals surface area contributed by atoms with Crippen LogP contribution in [0.1, 0.15) is 12.0 Å². The van der Waals surface area contributed by atoms with E-state index in [2.05, 4.69) is 0 Å². The minimum atomic E-state index is -1.01. The number of phenols is 1. The molecule has 0 aromatic heterocycles. The molecule has 76 valence electrons. The Morgan fingerprint density at radius 1 is 1.43 bits per heavy atom. The maximum atomic E-state index is 10.4. The van der Waals surface area contributed by atoms with Gasteiger partial charge in [-0.05, 0) is 24.5 Å². The molecule has 0 spiro atoms. The van der Waals surface area contributed by atoms with Crippen molar-refractivity contribution in [2.24, 2.45) is 5.73 Å². The van der Waals surface area contributed by atoms with Crippen molar-refractivity contribution in [1.82, 2.24) is 0 Å². The molecule has 0 saturated carbocycles. The average molecular weight is 195 g/mol. The maximum absolute atomic E-state index is 10.4. The number of aromatic hydroxyl groups is 1. The van der Waals surface area contributed by atoms with E-state index in [0.717, 1.165) is 5.56 Å². The van der Waals surface area contributed by atoms with Gasteiger partial charge in [0, 0.05) is 0 Å². The zero-order chi connectivity index (χ0) is 10.6. The standard InChI is InChI=1S/C10H13NO3/c11-8(10(13)14)6-5-7-3-1-2-4-9(7)12/h1-4,8,12H,5-6,11H2,(H,13,14)/t8-/m1/s1. The van der Waals surface area contributed by atoms with E-state index in [1.54, 1.807) is 24.3 Å². The third kappa shape index (κ3) is 2.74. The molecule has 4 N–H and O–H groups in total. The highest BCUT2D eigenvalue weighted by molar-refractivity contribution is 5.73. The lowest BCUT2D eigenvalue weighted by Crippen LogP contribution is -2.30. The molecule has 0 aliphatic rings. The smallest absolute Gasteiger partial charge is 0.320 e. The Bertz CT molecular complexity index is 325. The molecule has 0 aliphatic carbocycles. The molecular weight excluding hydrogens is 182 g/mol. The summed E-state index contributed by atoms with van der Waals surface area (Å²) in [4.78, 5) is 10.4. The van der Waals surface area contributed by atoms with Crippen LogP contribution in [0.2, 0.25) is 0 Å². The summed E-state index contributed by atoms with van der Waals surface area (Å²) in [6.45, 7) is 0. The molecule has 1 aromatic rings. The van der Waals surface area contributed by atoms with Crippen molar-refractivity contribution in [1.29, 1.82) is 0 Å². The Morgan fingerprint density at radius 2 is 2.07 bits per heavy atom. The number of rotatable bonds is 4. The van der Waals surface area contributed by atoms with Crippen molar-refractivity contribution in [3.05, 3.63) is 29.8 Å². The molecule has 0 unspecified atom stereocenters. The largest absolute Gasteiger partial charge is 0.508 e. The van der Waals surface area contributed by atoms with Crippen molar-refractivity contribution in [3.63, 3.8) is 0 Å². The quantitative estimate of drug-likeness (QED) is 0.661. The fourth-order valence-electron chi connectivity index (χ4n) is 1.16. The summed E-state index contributed by atoms with van der Waals surface area (Å²) in [5.74, 6) is -0.828. The van der Waals surface area contributed by atoms with Gasteiger partial charge >= 0.3 is 5.97 Å². The summed E-state index contributed by atoms with van der Waals surface area (Å²) in [6, 6.07) is 5.97. The Hall–Kier alpha value is -1.55. The molecule has 14 heavy (non-hydrogen) atoms. The number of carboxylic acid groups (broad SMARTS) is 1. The number of benzene rings is 1. The first kappa shape index (κ1) is 10.5. The second-order valence-corrected chi connectivity index (χ2v) is 3.11. The fourth-order valence-corrected chi connectivity index (χ4v) is 1.16. The molecular formula is C10H13NO3. The summed E-state index contributed by atoms with van der Waals surface area (Å²) < 4.78 is 0. The van der Waals surface area contributed by atoms with Crippen LogP contribution in [0.4, 0.5) is 0 Å². The first-order valence-electron chi connectivity index (χ1n) is 4.36. The van der Waals surface area contributed by atoms with E-state index in [9.17, 15) is 9.90 Å². The molecule has 0 fully saturated rings. The van der Waals surface area contributed by atoms with Crippen LogP contribution < -0.4 is 5.73 Å². The molecule has 1 aromatic carbocycles. The van der Waals surface area contributed by atoms with Crippen molar-refractivity contribution in [2.45, 2.75) is 18.9 Å². The zero-order valence-corrected chi connectivity index (χ0v) is 7.68. The second-order valence-electron chi connectivity index (χ2n) is 3.11. The minimum Gasteiger partial charge on any atom is -0.508 e. The lowest BCUT2D eigenvalue weighted by molar-refractivity contribution is -0.138. The molecule has 1 rings (SSSR count).